The first kappa shape index (κ1) is 20.9. The van der Waals surface area contributed by atoms with E-state index >= 15 is 0 Å². The van der Waals surface area contributed by atoms with Crippen LogP contribution in [0.3, 0.4) is 0 Å². The Labute approximate surface area is 172 Å². The third-order valence-corrected chi connectivity index (χ3v) is 5.12. The van der Waals surface area contributed by atoms with Crippen molar-refractivity contribution in [3.8, 4) is 11.5 Å². The van der Waals surface area contributed by atoms with Crippen molar-refractivity contribution in [1.82, 2.24) is 4.90 Å². The second-order valence-electron chi connectivity index (χ2n) is 7.24. The smallest absolute Gasteiger partial charge is 0.246 e. The van der Waals surface area contributed by atoms with E-state index in [4.69, 9.17) is 14.2 Å². The van der Waals surface area contributed by atoms with E-state index in [0.29, 0.717) is 30.6 Å². The van der Waals surface area contributed by atoms with Crippen molar-refractivity contribution in [3.05, 3.63) is 65.7 Å². The molecule has 0 N–H and O–H groups in total. The van der Waals surface area contributed by atoms with Crippen molar-refractivity contribution in [2.45, 2.75) is 19.4 Å². The molecule has 1 heterocycles. The van der Waals surface area contributed by atoms with Crippen LogP contribution in [0.2, 0.25) is 0 Å². The standard InChI is InChI=1S/C24H29NO4/c1-27-22-12-10-19(15-23(22)28-2)11-13-24(26)25-14-6-9-21(16-25)18-29-17-20-7-4-3-5-8-20/h3-5,7-8,10-13,15,21H,6,9,14,16-18H2,1-2H3/b13-11+. The number of nitrogens with zero attached hydrogens (tertiary/aromatic N) is 1. The van der Waals surface area contributed by atoms with E-state index in [-0.39, 0.29) is 5.91 Å². The van der Waals surface area contributed by atoms with Crippen LogP contribution in [0.4, 0.5) is 0 Å². The van der Waals surface area contributed by atoms with Gasteiger partial charge in [0.1, 0.15) is 0 Å². The van der Waals surface area contributed by atoms with Gasteiger partial charge in [-0.3, -0.25) is 4.79 Å². The molecule has 5 heteroatoms. The minimum atomic E-state index is 0.0348. The van der Waals surface area contributed by atoms with E-state index < -0.39 is 0 Å². The molecule has 2 aromatic rings. The van der Waals surface area contributed by atoms with Crippen LogP contribution in [0.5, 0.6) is 11.5 Å². The van der Waals surface area contributed by atoms with Crippen LogP contribution in [0.25, 0.3) is 6.08 Å². The molecule has 1 unspecified atom stereocenters. The topological polar surface area (TPSA) is 48.0 Å². The zero-order valence-electron chi connectivity index (χ0n) is 17.2. The minimum Gasteiger partial charge on any atom is -0.493 e. The van der Waals surface area contributed by atoms with E-state index in [1.807, 2.05) is 47.4 Å². The highest BCUT2D eigenvalue weighted by Crippen LogP contribution is 2.28. The van der Waals surface area contributed by atoms with Gasteiger partial charge in [0.05, 0.1) is 27.4 Å². The molecule has 1 amide bonds. The lowest BCUT2D eigenvalue weighted by atomic mass is 9.99. The maximum atomic E-state index is 12.6. The maximum Gasteiger partial charge on any atom is 0.246 e. The molecule has 0 aliphatic carbocycles. The fourth-order valence-corrected chi connectivity index (χ4v) is 3.55. The molecule has 1 saturated heterocycles. The van der Waals surface area contributed by atoms with Crippen LogP contribution in [-0.4, -0.2) is 44.7 Å². The van der Waals surface area contributed by atoms with Crippen molar-refractivity contribution in [2.24, 2.45) is 5.92 Å². The third kappa shape index (κ3) is 6.09. The van der Waals surface area contributed by atoms with Crippen molar-refractivity contribution >= 4 is 12.0 Å². The largest absolute Gasteiger partial charge is 0.493 e. The molecule has 1 fully saturated rings. The molecular weight excluding hydrogens is 366 g/mol. The highest BCUT2D eigenvalue weighted by molar-refractivity contribution is 5.92. The number of methoxy groups -OCH3 is 2. The molecule has 3 rings (SSSR count). The van der Waals surface area contributed by atoms with E-state index in [1.165, 1.54) is 5.56 Å². The Morgan fingerprint density at radius 1 is 1.10 bits per heavy atom. The average molecular weight is 395 g/mol. The Kier molecular flexibility index (Phi) is 7.70. The Morgan fingerprint density at radius 2 is 1.90 bits per heavy atom. The lowest BCUT2D eigenvalue weighted by Gasteiger charge is -2.32. The van der Waals surface area contributed by atoms with Crippen molar-refractivity contribution in [3.63, 3.8) is 0 Å². The number of piperidine rings is 1. The van der Waals surface area contributed by atoms with Gasteiger partial charge in [-0.05, 0) is 48.1 Å². The number of carbonyl (C=O) groups excluding carboxylic acids is 1. The van der Waals surface area contributed by atoms with Gasteiger partial charge in [-0.25, -0.2) is 0 Å². The van der Waals surface area contributed by atoms with Crippen LogP contribution in [-0.2, 0) is 16.1 Å². The molecule has 0 spiro atoms. The van der Waals surface area contributed by atoms with Crippen LogP contribution in [0.15, 0.2) is 54.6 Å². The van der Waals surface area contributed by atoms with E-state index in [1.54, 1.807) is 20.3 Å². The number of hydrogen-bond acceptors (Lipinski definition) is 4. The monoisotopic (exact) mass is 395 g/mol. The number of ether oxygens (including phenoxy) is 3. The first-order valence-electron chi connectivity index (χ1n) is 10.00. The lowest BCUT2D eigenvalue weighted by molar-refractivity contribution is -0.128. The number of rotatable bonds is 8. The summed E-state index contributed by atoms with van der Waals surface area (Å²) in [5, 5.41) is 0. The molecule has 5 nitrogen and oxygen atoms in total. The first-order chi connectivity index (χ1) is 14.2. The fourth-order valence-electron chi connectivity index (χ4n) is 3.55. The SMILES string of the molecule is COc1ccc(/C=C/C(=O)N2CCCC(COCc3ccccc3)C2)cc1OC. The summed E-state index contributed by atoms with van der Waals surface area (Å²) in [6.07, 6.45) is 5.56. The summed E-state index contributed by atoms with van der Waals surface area (Å²) >= 11 is 0. The molecule has 0 bridgehead atoms. The molecule has 0 aromatic heterocycles. The van der Waals surface area contributed by atoms with Crippen LogP contribution in [0, 0.1) is 5.92 Å². The highest BCUT2D eigenvalue weighted by Gasteiger charge is 2.22. The zero-order valence-corrected chi connectivity index (χ0v) is 17.2. The van der Waals surface area contributed by atoms with Gasteiger partial charge in [0.2, 0.25) is 5.91 Å². The molecule has 2 aromatic carbocycles. The summed E-state index contributed by atoms with van der Waals surface area (Å²) in [6, 6.07) is 15.8. The Bertz CT molecular complexity index is 819. The molecule has 29 heavy (non-hydrogen) atoms. The number of carbonyl (C=O) groups is 1. The summed E-state index contributed by atoms with van der Waals surface area (Å²) in [6.45, 7) is 2.83. The fraction of sp³-hybridized carbons (Fsp3) is 0.375. The van der Waals surface area contributed by atoms with Gasteiger partial charge in [-0.1, -0.05) is 36.4 Å². The van der Waals surface area contributed by atoms with Gasteiger partial charge in [0, 0.05) is 19.2 Å². The van der Waals surface area contributed by atoms with Crippen molar-refractivity contribution in [1.29, 1.82) is 0 Å². The van der Waals surface area contributed by atoms with Crippen LogP contribution >= 0.6 is 0 Å². The Hall–Kier alpha value is -2.79. The second kappa shape index (κ2) is 10.7. The minimum absolute atomic E-state index is 0.0348. The lowest BCUT2D eigenvalue weighted by Crippen LogP contribution is -2.40. The number of likely N-dealkylation sites (tertiary alicyclic amines) is 1. The summed E-state index contributed by atoms with van der Waals surface area (Å²) < 4.78 is 16.4. The van der Waals surface area contributed by atoms with Gasteiger partial charge >= 0.3 is 0 Å². The number of benzene rings is 2. The number of hydrogen-bond donors (Lipinski definition) is 0. The molecule has 154 valence electrons. The zero-order chi connectivity index (χ0) is 20.5. The van der Waals surface area contributed by atoms with Gasteiger partial charge in [-0.15, -0.1) is 0 Å². The van der Waals surface area contributed by atoms with Gasteiger partial charge in [0.25, 0.3) is 0 Å². The third-order valence-electron chi connectivity index (χ3n) is 5.12. The van der Waals surface area contributed by atoms with E-state index in [2.05, 4.69) is 12.1 Å². The van der Waals surface area contributed by atoms with E-state index in [9.17, 15) is 4.79 Å². The number of amides is 1. The van der Waals surface area contributed by atoms with Gasteiger partial charge in [-0.2, -0.15) is 0 Å². The molecular formula is C24H29NO4. The van der Waals surface area contributed by atoms with Crippen LogP contribution in [0.1, 0.15) is 24.0 Å². The Balaban J connectivity index is 1.50. The summed E-state index contributed by atoms with van der Waals surface area (Å²) in [7, 11) is 3.21. The van der Waals surface area contributed by atoms with Crippen molar-refractivity contribution in [2.75, 3.05) is 33.9 Å². The summed E-state index contributed by atoms with van der Waals surface area (Å²) in [5.41, 5.74) is 2.07. The van der Waals surface area contributed by atoms with Crippen molar-refractivity contribution < 1.29 is 19.0 Å². The molecule has 0 radical (unpaired) electrons. The molecule has 0 saturated carbocycles. The van der Waals surface area contributed by atoms with E-state index in [0.717, 1.165) is 31.5 Å². The van der Waals surface area contributed by atoms with Gasteiger partial charge < -0.3 is 19.1 Å². The first-order valence-corrected chi connectivity index (χ1v) is 10.00. The molecule has 1 aliphatic rings. The summed E-state index contributed by atoms with van der Waals surface area (Å²) in [5.74, 6) is 1.74. The predicted molar refractivity (Wildman–Crippen MR) is 114 cm³/mol. The normalized spacial score (nSPS) is 16.8. The molecule has 1 atom stereocenters. The van der Waals surface area contributed by atoms with Crippen LogP contribution < -0.4 is 9.47 Å². The van der Waals surface area contributed by atoms with Gasteiger partial charge in [0.15, 0.2) is 11.5 Å². The maximum absolute atomic E-state index is 12.6. The second-order valence-corrected chi connectivity index (χ2v) is 7.24. The highest BCUT2D eigenvalue weighted by atomic mass is 16.5. The molecule has 1 aliphatic heterocycles. The Morgan fingerprint density at radius 3 is 2.66 bits per heavy atom. The summed E-state index contributed by atoms with van der Waals surface area (Å²) in [4.78, 5) is 14.5. The average Bonchev–Trinajstić information content (AvgIpc) is 2.78. The quantitative estimate of drug-likeness (QED) is 0.630. The predicted octanol–water partition coefficient (Wildman–Crippen LogP) is 4.17.